The quantitative estimate of drug-likeness (QED) is 0.707. The summed E-state index contributed by atoms with van der Waals surface area (Å²) in [4.78, 5) is 26.7. The van der Waals surface area contributed by atoms with Crippen LogP contribution >= 0.6 is 0 Å². The van der Waals surface area contributed by atoms with Crippen molar-refractivity contribution in [3.63, 3.8) is 0 Å². The minimum Gasteiger partial charge on any atom is -0.492 e. The molecule has 0 aromatic heterocycles. The molecule has 1 saturated heterocycles. The number of nitrogens with one attached hydrogen (secondary N) is 1. The molecule has 0 spiro atoms. The van der Waals surface area contributed by atoms with E-state index in [4.69, 9.17) is 9.47 Å². The fraction of sp³-hybridized carbons (Fsp3) is 0.619. The summed E-state index contributed by atoms with van der Waals surface area (Å²) in [5.41, 5.74) is -0.258. The minimum absolute atomic E-state index is 0.0174. The minimum atomic E-state index is -3.76. The first-order chi connectivity index (χ1) is 14.3. The summed E-state index contributed by atoms with van der Waals surface area (Å²) in [5.74, 6) is -0.463. The molecule has 0 radical (unpaired) electrons. The van der Waals surface area contributed by atoms with E-state index in [1.807, 2.05) is 0 Å². The Morgan fingerprint density at radius 1 is 1.26 bits per heavy atom. The van der Waals surface area contributed by atoms with Gasteiger partial charge in [0.25, 0.3) is 0 Å². The van der Waals surface area contributed by atoms with Gasteiger partial charge in [-0.05, 0) is 58.7 Å². The van der Waals surface area contributed by atoms with Crippen molar-refractivity contribution in [2.45, 2.75) is 51.0 Å². The SMILES string of the molecule is CCOc1ccc(NC(=O)C2CCCN(C(=O)OC(C)(C)C)C2)cc1S(=O)(=O)N(C)C. The highest BCUT2D eigenvalue weighted by molar-refractivity contribution is 7.89. The van der Waals surface area contributed by atoms with Crippen LogP contribution in [0.15, 0.2) is 23.1 Å². The van der Waals surface area contributed by atoms with Crippen molar-refractivity contribution in [1.82, 2.24) is 9.21 Å². The first-order valence-electron chi connectivity index (χ1n) is 10.3. The summed E-state index contributed by atoms with van der Waals surface area (Å²) in [7, 11) is -0.894. The summed E-state index contributed by atoms with van der Waals surface area (Å²) >= 11 is 0. The average Bonchev–Trinajstić information content (AvgIpc) is 2.68. The lowest BCUT2D eigenvalue weighted by molar-refractivity contribution is -0.121. The van der Waals surface area contributed by atoms with Gasteiger partial charge in [-0.1, -0.05) is 0 Å². The highest BCUT2D eigenvalue weighted by Crippen LogP contribution is 2.30. The van der Waals surface area contributed by atoms with E-state index in [0.717, 1.165) is 4.31 Å². The first-order valence-corrected chi connectivity index (χ1v) is 11.8. The number of carbonyl (C=O) groups excluding carboxylic acids is 2. The molecule has 1 heterocycles. The molecule has 1 aromatic carbocycles. The molecule has 1 aromatic rings. The topological polar surface area (TPSA) is 105 Å². The van der Waals surface area contributed by atoms with Gasteiger partial charge in [-0.2, -0.15) is 0 Å². The van der Waals surface area contributed by atoms with Gasteiger partial charge < -0.3 is 19.7 Å². The molecule has 1 fully saturated rings. The zero-order valence-corrected chi connectivity index (χ0v) is 19.9. The third kappa shape index (κ3) is 6.57. The number of ether oxygens (including phenoxy) is 2. The van der Waals surface area contributed by atoms with Gasteiger partial charge in [-0.25, -0.2) is 17.5 Å². The molecule has 1 aliphatic rings. The van der Waals surface area contributed by atoms with Gasteiger partial charge in [0.15, 0.2) is 0 Å². The maximum atomic E-state index is 12.8. The van der Waals surface area contributed by atoms with Crippen molar-refractivity contribution in [2.24, 2.45) is 5.92 Å². The predicted molar refractivity (Wildman–Crippen MR) is 118 cm³/mol. The molecule has 1 N–H and O–H groups in total. The van der Waals surface area contributed by atoms with Gasteiger partial charge in [-0.15, -0.1) is 0 Å². The zero-order chi connectivity index (χ0) is 23.4. The lowest BCUT2D eigenvalue weighted by Gasteiger charge is -2.33. The maximum Gasteiger partial charge on any atom is 0.410 e. The second-order valence-corrected chi connectivity index (χ2v) is 10.8. The molecule has 1 unspecified atom stereocenters. The molecular weight excluding hydrogens is 422 g/mol. The second-order valence-electron chi connectivity index (χ2n) is 8.64. The molecule has 0 bridgehead atoms. The molecule has 10 heteroatoms. The summed E-state index contributed by atoms with van der Waals surface area (Å²) in [6.07, 6.45) is 0.872. The monoisotopic (exact) mass is 455 g/mol. The number of sulfonamides is 1. The van der Waals surface area contributed by atoms with Crippen LogP contribution in [0.4, 0.5) is 10.5 Å². The van der Waals surface area contributed by atoms with Crippen molar-refractivity contribution < 1.29 is 27.5 Å². The number of nitrogens with zero attached hydrogens (tertiary/aromatic N) is 2. The smallest absolute Gasteiger partial charge is 0.410 e. The standard InChI is InChI=1S/C21H33N3O6S/c1-7-29-17-11-10-16(13-18(17)31(27,28)23(5)6)22-19(25)15-9-8-12-24(14-15)20(26)30-21(2,3)4/h10-11,13,15H,7-9,12,14H2,1-6H3,(H,22,25). The van der Waals surface area contributed by atoms with Crippen LogP contribution in [-0.2, 0) is 19.6 Å². The first kappa shape index (κ1) is 24.9. The number of likely N-dealkylation sites (tertiary alicyclic amines) is 1. The summed E-state index contributed by atoms with van der Waals surface area (Å²) in [6.45, 7) is 8.25. The van der Waals surface area contributed by atoms with Crippen LogP contribution in [0.5, 0.6) is 5.75 Å². The molecule has 0 aliphatic carbocycles. The van der Waals surface area contributed by atoms with E-state index < -0.39 is 27.6 Å². The van der Waals surface area contributed by atoms with Crippen molar-refractivity contribution in [3.8, 4) is 5.75 Å². The molecule has 2 rings (SSSR count). The molecule has 0 saturated carbocycles. The van der Waals surface area contributed by atoms with Crippen LogP contribution in [0.3, 0.4) is 0 Å². The Kier molecular flexibility index (Phi) is 7.93. The maximum absolute atomic E-state index is 12.8. The lowest BCUT2D eigenvalue weighted by Crippen LogP contribution is -2.45. The predicted octanol–water partition coefficient (Wildman–Crippen LogP) is 2.92. The number of anilines is 1. The molecule has 9 nitrogen and oxygen atoms in total. The Morgan fingerprint density at radius 3 is 2.52 bits per heavy atom. The van der Waals surface area contributed by atoms with Gasteiger partial charge in [0.2, 0.25) is 15.9 Å². The summed E-state index contributed by atoms with van der Waals surface area (Å²) in [5, 5.41) is 2.78. The van der Waals surface area contributed by atoms with Gasteiger partial charge in [0.1, 0.15) is 16.2 Å². The second kappa shape index (κ2) is 9.86. The van der Waals surface area contributed by atoms with Crippen LogP contribution in [-0.4, -0.2) is 69.0 Å². The molecular formula is C21H33N3O6S. The Morgan fingerprint density at radius 2 is 1.94 bits per heavy atom. The highest BCUT2D eigenvalue weighted by Gasteiger charge is 2.31. The largest absolute Gasteiger partial charge is 0.492 e. The van der Waals surface area contributed by atoms with Crippen molar-refractivity contribution >= 4 is 27.7 Å². The normalized spacial score (nSPS) is 17.4. The highest BCUT2D eigenvalue weighted by atomic mass is 32.2. The van der Waals surface area contributed by atoms with E-state index in [-0.39, 0.29) is 23.1 Å². The summed E-state index contributed by atoms with van der Waals surface area (Å²) in [6, 6.07) is 4.53. The number of benzene rings is 1. The van der Waals surface area contributed by atoms with E-state index in [1.54, 1.807) is 38.7 Å². The Balaban J connectivity index is 2.17. The van der Waals surface area contributed by atoms with Gasteiger partial charge in [0.05, 0.1) is 12.5 Å². The van der Waals surface area contributed by atoms with E-state index in [2.05, 4.69) is 5.32 Å². The molecule has 2 amide bonds. The van der Waals surface area contributed by atoms with Crippen LogP contribution in [0.1, 0.15) is 40.5 Å². The fourth-order valence-electron chi connectivity index (χ4n) is 3.19. The third-order valence-electron chi connectivity index (χ3n) is 4.71. The third-order valence-corrected chi connectivity index (χ3v) is 6.55. The number of hydrogen-bond donors (Lipinski definition) is 1. The summed E-state index contributed by atoms with van der Waals surface area (Å²) < 4.78 is 37.3. The van der Waals surface area contributed by atoms with Crippen LogP contribution in [0, 0.1) is 5.92 Å². The Labute approximate surface area is 184 Å². The van der Waals surface area contributed by atoms with E-state index in [9.17, 15) is 18.0 Å². The lowest BCUT2D eigenvalue weighted by atomic mass is 9.97. The van der Waals surface area contributed by atoms with Crippen molar-refractivity contribution in [3.05, 3.63) is 18.2 Å². The number of carbonyl (C=O) groups is 2. The van der Waals surface area contributed by atoms with Gasteiger partial charge >= 0.3 is 6.09 Å². The number of amides is 2. The number of rotatable bonds is 6. The zero-order valence-electron chi connectivity index (χ0n) is 19.1. The van der Waals surface area contributed by atoms with E-state index >= 15 is 0 Å². The fourth-order valence-corrected chi connectivity index (χ4v) is 4.24. The van der Waals surface area contributed by atoms with Crippen molar-refractivity contribution in [2.75, 3.05) is 39.1 Å². The van der Waals surface area contributed by atoms with Gasteiger partial charge in [0, 0.05) is 32.9 Å². The molecule has 1 aliphatic heterocycles. The van der Waals surface area contributed by atoms with Crippen LogP contribution < -0.4 is 10.1 Å². The number of hydrogen-bond acceptors (Lipinski definition) is 6. The molecule has 1 atom stereocenters. The van der Waals surface area contributed by atoms with Crippen LogP contribution in [0.25, 0.3) is 0 Å². The Hall–Kier alpha value is -2.33. The number of piperidine rings is 1. The molecule has 31 heavy (non-hydrogen) atoms. The Bertz CT molecular complexity index is 908. The van der Waals surface area contributed by atoms with Gasteiger partial charge in [-0.3, -0.25) is 4.79 Å². The van der Waals surface area contributed by atoms with E-state index in [0.29, 0.717) is 31.7 Å². The van der Waals surface area contributed by atoms with Crippen LogP contribution in [0.2, 0.25) is 0 Å². The van der Waals surface area contributed by atoms with Crippen molar-refractivity contribution in [1.29, 1.82) is 0 Å². The average molecular weight is 456 g/mol. The van der Waals surface area contributed by atoms with E-state index in [1.165, 1.54) is 26.2 Å². The molecule has 174 valence electrons.